The van der Waals surface area contributed by atoms with Gasteiger partial charge in [-0.15, -0.1) is 11.3 Å². The molecule has 21 heavy (non-hydrogen) atoms. The lowest BCUT2D eigenvalue weighted by atomic mass is 10.3. The second-order valence-corrected chi connectivity index (χ2v) is 6.49. The summed E-state index contributed by atoms with van der Waals surface area (Å²) in [5, 5.41) is 2.63. The third-order valence-electron chi connectivity index (χ3n) is 2.38. The van der Waals surface area contributed by atoms with Gasteiger partial charge in [0.2, 0.25) is 0 Å². The third-order valence-corrected chi connectivity index (χ3v) is 3.97. The van der Waals surface area contributed by atoms with E-state index in [-0.39, 0.29) is 12.5 Å². The van der Waals surface area contributed by atoms with Crippen LogP contribution in [0.1, 0.15) is 4.88 Å². The zero-order valence-corrected chi connectivity index (χ0v) is 13.3. The second-order valence-electron chi connectivity index (χ2n) is 4.00. The van der Waals surface area contributed by atoms with E-state index in [4.69, 9.17) is 4.74 Å². The summed E-state index contributed by atoms with van der Waals surface area (Å²) >= 11 is 4.83. The molecule has 0 aliphatic rings. The molecule has 0 aliphatic carbocycles. The van der Waals surface area contributed by atoms with E-state index in [0.717, 1.165) is 8.66 Å². The Labute approximate surface area is 134 Å². The number of thiophene rings is 1. The Morgan fingerprint density at radius 3 is 2.62 bits per heavy atom. The summed E-state index contributed by atoms with van der Waals surface area (Å²) in [5.41, 5.74) is 0.664. The number of para-hydroxylation sites is 1. The van der Waals surface area contributed by atoms with Gasteiger partial charge in [-0.1, -0.05) is 18.2 Å². The van der Waals surface area contributed by atoms with E-state index in [1.807, 2.05) is 30.3 Å². The molecule has 4 nitrogen and oxygen atoms in total. The van der Waals surface area contributed by atoms with Crippen LogP contribution in [0.3, 0.4) is 0 Å². The third kappa shape index (κ3) is 5.53. The van der Waals surface area contributed by atoms with Crippen molar-refractivity contribution in [2.75, 3.05) is 11.9 Å². The first-order valence-electron chi connectivity index (χ1n) is 6.08. The molecular formula is C15H12BrNO3S. The fraction of sp³-hybridized carbons (Fsp3) is 0.0667. The van der Waals surface area contributed by atoms with Crippen molar-refractivity contribution < 1.29 is 14.3 Å². The number of nitrogens with one attached hydrogen (secondary N) is 1. The summed E-state index contributed by atoms with van der Waals surface area (Å²) in [7, 11) is 0. The first kappa shape index (κ1) is 15.5. The summed E-state index contributed by atoms with van der Waals surface area (Å²) in [6.07, 6.45) is 2.95. The minimum Gasteiger partial charge on any atom is -0.452 e. The molecule has 6 heteroatoms. The monoisotopic (exact) mass is 365 g/mol. The number of carbonyl (C=O) groups is 2. The Kier molecular flexibility index (Phi) is 5.71. The lowest BCUT2D eigenvalue weighted by Crippen LogP contribution is -2.20. The van der Waals surface area contributed by atoms with Crippen LogP contribution in [0.5, 0.6) is 0 Å². The first-order chi connectivity index (χ1) is 10.1. The molecule has 0 unspecified atom stereocenters. The molecule has 1 amide bonds. The van der Waals surface area contributed by atoms with Crippen molar-refractivity contribution in [2.24, 2.45) is 0 Å². The molecule has 0 atom stereocenters. The van der Waals surface area contributed by atoms with E-state index in [1.54, 1.807) is 18.2 Å². The minimum absolute atomic E-state index is 0.313. The Bertz CT molecular complexity index is 652. The van der Waals surface area contributed by atoms with Gasteiger partial charge in [-0.05, 0) is 46.3 Å². The molecule has 1 N–H and O–H groups in total. The largest absolute Gasteiger partial charge is 0.452 e. The summed E-state index contributed by atoms with van der Waals surface area (Å²) in [6.45, 7) is -0.313. The average Bonchev–Trinajstić information content (AvgIpc) is 2.90. The van der Waals surface area contributed by atoms with Crippen molar-refractivity contribution >= 4 is 50.9 Å². The average molecular weight is 366 g/mol. The molecule has 0 aliphatic heterocycles. The fourth-order valence-corrected chi connectivity index (χ4v) is 2.80. The lowest BCUT2D eigenvalue weighted by Gasteiger charge is -2.04. The Morgan fingerprint density at radius 1 is 1.19 bits per heavy atom. The van der Waals surface area contributed by atoms with Gasteiger partial charge in [0.1, 0.15) is 0 Å². The highest BCUT2D eigenvalue weighted by Crippen LogP contribution is 2.22. The van der Waals surface area contributed by atoms with Crippen LogP contribution in [-0.4, -0.2) is 18.5 Å². The van der Waals surface area contributed by atoms with Gasteiger partial charge in [-0.25, -0.2) is 4.79 Å². The van der Waals surface area contributed by atoms with E-state index in [2.05, 4.69) is 21.2 Å². The van der Waals surface area contributed by atoms with E-state index < -0.39 is 5.97 Å². The second kappa shape index (κ2) is 7.75. The maximum Gasteiger partial charge on any atom is 0.331 e. The smallest absolute Gasteiger partial charge is 0.331 e. The molecular weight excluding hydrogens is 354 g/mol. The molecule has 0 spiro atoms. The van der Waals surface area contributed by atoms with Crippen LogP contribution in [-0.2, 0) is 14.3 Å². The van der Waals surface area contributed by atoms with Crippen molar-refractivity contribution in [3.8, 4) is 0 Å². The number of halogens is 1. The van der Waals surface area contributed by atoms with Gasteiger partial charge in [-0.2, -0.15) is 0 Å². The molecule has 108 valence electrons. The van der Waals surface area contributed by atoms with Gasteiger partial charge in [0.25, 0.3) is 5.91 Å². The molecule has 1 heterocycles. The predicted octanol–water partition coefficient (Wildman–Crippen LogP) is 3.71. The molecule has 0 fully saturated rings. The molecule has 0 saturated heterocycles. The first-order valence-corrected chi connectivity index (χ1v) is 7.69. The summed E-state index contributed by atoms with van der Waals surface area (Å²) in [6, 6.07) is 12.8. The highest BCUT2D eigenvalue weighted by molar-refractivity contribution is 9.11. The lowest BCUT2D eigenvalue weighted by molar-refractivity contribution is -0.142. The van der Waals surface area contributed by atoms with Gasteiger partial charge < -0.3 is 10.1 Å². The Morgan fingerprint density at radius 2 is 1.95 bits per heavy atom. The minimum atomic E-state index is -0.553. The SMILES string of the molecule is O=C(COC(=O)/C=C/c1ccc(Br)s1)Nc1ccccc1. The normalized spacial score (nSPS) is 10.5. The van der Waals surface area contributed by atoms with Gasteiger partial charge >= 0.3 is 5.97 Å². The number of amides is 1. The number of anilines is 1. The zero-order chi connectivity index (χ0) is 15.1. The number of hydrogen-bond acceptors (Lipinski definition) is 4. The highest BCUT2D eigenvalue weighted by atomic mass is 79.9. The molecule has 2 aromatic rings. The zero-order valence-electron chi connectivity index (χ0n) is 10.9. The van der Waals surface area contributed by atoms with Crippen molar-refractivity contribution in [1.82, 2.24) is 0 Å². The highest BCUT2D eigenvalue weighted by Gasteiger charge is 2.05. The van der Waals surface area contributed by atoms with E-state index in [1.165, 1.54) is 17.4 Å². The number of ether oxygens (including phenoxy) is 1. The van der Waals surface area contributed by atoms with E-state index in [9.17, 15) is 9.59 Å². The number of carbonyl (C=O) groups excluding carboxylic acids is 2. The number of benzene rings is 1. The quantitative estimate of drug-likeness (QED) is 0.649. The Balaban J connectivity index is 1.76. The fourth-order valence-electron chi connectivity index (χ4n) is 1.47. The van der Waals surface area contributed by atoms with Crippen LogP contribution in [0.2, 0.25) is 0 Å². The standard InChI is InChI=1S/C15H12BrNO3S/c16-13-8-6-12(21-13)7-9-15(19)20-10-14(18)17-11-4-2-1-3-5-11/h1-9H,10H2,(H,17,18)/b9-7+. The number of rotatable bonds is 5. The van der Waals surface area contributed by atoms with Crippen molar-refractivity contribution in [3.05, 3.63) is 57.2 Å². The maximum absolute atomic E-state index is 11.6. The van der Waals surface area contributed by atoms with E-state index >= 15 is 0 Å². The molecule has 0 saturated carbocycles. The predicted molar refractivity (Wildman–Crippen MR) is 87.1 cm³/mol. The summed E-state index contributed by atoms with van der Waals surface area (Å²) in [4.78, 5) is 24.0. The van der Waals surface area contributed by atoms with Crippen LogP contribution in [0.15, 0.2) is 52.3 Å². The molecule has 1 aromatic heterocycles. The van der Waals surface area contributed by atoms with Gasteiger partial charge in [0.05, 0.1) is 3.79 Å². The van der Waals surface area contributed by atoms with Crippen molar-refractivity contribution in [3.63, 3.8) is 0 Å². The molecule has 0 bridgehead atoms. The van der Waals surface area contributed by atoms with Crippen LogP contribution in [0.25, 0.3) is 6.08 Å². The topological polar surface area (TPSA) is 55.4 Å². The maximum atomic E-state index is 11.6. The summed E-state index contributed by atoms with van der Waals surface area (Å²) in [5.74, 6) is -0.926. The molecule has 1 aromatic carbocycles. The molecule has 2 rings (SSSR count). The number of hydrogen-bond donors (Lipinski definition) is 1. The van der Waals surface area contributed by atoms with Crippen molar-refractivity contribution in [2.45, 2.75) is 0 Å². The van der Waals surface area contributed by atoms with Crippen LogP contribution >= 0.6 is 27.3 Å². The molecule has 0 radical (unpaired) electrons. The van der Waals surface area contributed by atoms with Crippen LogP contribution in [0, 0.1) is 0 Å². The number of esters is 1. The van der Waals surface area contributed by atoms with Gasteiger partial charge in [0, 0.05) is 16.6 Å². The Hall–Kier alpha value is -1.92. The van der Waals surface area contributed by atoms with Crippen LogP contribution < -0.4 is 5.32 Å². The van der Waals surface area contributed by atoms with Crippen LogP contribution in [0.4, 0.5) is 5.69 Å². The van der Waals surface area contributed by atoms with Gasteiger partial charge in [0.15, 0.2) is 6.61 Å². The van der Waals surface area contributed by atoms with Gasteiger partial charge in [-0.3, -0.25) is 4.79 Å². The summed E-state index contributed by atoms with van der Waals surface area (Å²) < 4.78 is 5.84. The van der Waals surface area contributed by atoms with E-state index in [0.29, 0.717) is 5.69 Å². The van der Waals surface area contributed by atoms with Crippen molar-refractivity contribution in [1.29, 1.82) is 0 Å².